The zero-order valence-electron chi connectivity index (χ0n) is 19.5. The van der Waals surface area contributed by atoms with E-state index in [-0.39, 0.29) is 11.9 Å². The number of benzene rings is 2. The third kappa shape index (κ3) is 4.53. The van der Waals surface area contributed by atoms with Crippen molar-refractivity contribution in [1.82, 2.24) is 20.1 Å². The topological polar surface area (TPSA) is 78.3 Å². The van der Waals surface area contributed by atoms with Crippen LogP contribution in [0.15, 0.2) is 54.6 Å². The molecular formula is C26H28N4O3. The van der Waals surface area contributed by atoms with Crippen LogP contribution < -0.4 is 14.8 Å². The van der Waals surface area contributed by atoms with Gasteiger partial charge in [0.2, 0.25) is 0 Å². The number of carbonyl (C=O) groups excluding carboxylic acids is 1. The van der Waals surface area contributed by atoms with Gasteiger partial charge < -0.3 is 14.8 Å². The molecule has 0 radical (unpaired) electrons. The molecule has 0 aliphatic carbocycles. The van der Waals surface area contributed by atoms with E-state index in [1.165, 1.54) is 0 Å². The minimum absolute atomic E-state index is 0.171. The Morgan fingerprint density at radius 2 is 1.76 bits per heavy atom. The van der Waals surface area contributed by atoms with Gasteiger partial charge in [0.25, 0.3) is 5.91 Å². The average molecular weight is 445 g/mol. The Kier molecular flexibility index (Phi) is 6.31. The number of ether oxygens (including phenoxy) is 2. The van der Waals surface area contributed by atoms with Crippen LogP contribution >= 0.6 is 0 Å². The summed E-state index contributed by atoms with van der Waals surface area (Å²) in [7, 11) is 3.19. The number of hydrogen-bond acceptors (Lipinski definition) is 5. The Labute approximate surface area is 193 Å². The van der Waals surface area contributed by atoms with E-state index in [1.54, 1.807) is 14.2 Å². The normalized spacial score (nSPS) is 11.9. The summed E-state index contributed by atoms with van der Waals surface area (Å²) < 4.78 is 12.6. The number of aryl methyl sites for hydroxylation is 2. The number of methoxy groups -OCH3 is 2. The van der Waals surface area contributed by atoms with Gasteiger partial charge in [-0.1, -0.05) is 36.4 Å². The second-order valence-corrected chi connectivity index (χ2v) is 8.05. The van der Waals surface area contributed by atoms with E-state index in [2.05, 4.69) is 17.4 Å². The van der Waals surface area contributed by atoms with Crippen LogP contribution in [0.25, 0.3) is 11.0 Å². The molecule has 2 aromatic carbocycles. The number of amides is 1. The lowest BCUT2D eigenvalue weighted by atomic mass is 10.1. The molecule has 2 aromatic heterocycles. The minimum atomic E-state index is -0.236. The van der Waals surface area contributed by atoms with Crippen LogP contribution in [-0.4, -0.2) is 34.9 Å². The summed E-state index contributed by atoms with van der Waals surface area (Å²) in [5.74, 6) is 1.10. The molecule has 0 saturated carbocycles. The van der Waals surface area contributed by atoms with Gasteiger partial charge in [-0.3, -0.25) is 4.79 Å². The van der Waals surface area contributed by atoms with Crippen molar-refractivity contribution in [2.24, 2.45) is 0 Å². The van der Waals surface area contributed by atoms with Crippen LogP contribution in [0.2, 0.25) is 0 Å². The molecule has 7 heteroatoms. The van der Waals surface area contributed by atoms with Gasteiger partial charge >= 0.3 is 0 Å². The third-order valence-corrected chi connectivity index (χ3v) is 5.68. The molecule has 7 nitrogen and oxygen atoms in total. The van der Waals surface area contributed by atoms with E-state index in [9.17, 15) is 4.79 Å². The summed E-state index contributed by atoms with van der Waals surface area (Å²) in [6.45, 7) is 6.33. The van der Waals surface area contributed by atoms with Gasteiger partial charge in [-0.2, -0.15) is 5.10 Å². The molecule has 0 fully saturated rings. The predicted molar refractivity (Wildman–Crippen MR) is 128 cm³/mol. The maximum absolute atomic E-state index is 13.4. The third-order valence-electron chi connectivity index (χ3n) is 5.68. The number of nitrogens with one attached hydrogen (secondary N) is 1. The highest BCUT2D eigenvalue weighted by Crippen LogP contribution is 2.30. The molecule has 170 valence electrons. The first-order valence-electron chi connectivity index (χ1n) is 10.8. The molecule has 0 bridgehead atoms. The molecule has 0 aliphatic heterocycles. The number of hydrogen-bond donors (Lipinski definition) is 1. The van der Waals surface area contributed by atoms with Gasteiger partial charge in [-0.05, 0) is 50.1 Å². The molecule has 0 aliphatic rings. The van der Waals surface area contributed by atoms with Crippen LogP contribution in [-0.2, 0) is 6.54 Å². The molecule has 2 heterocycles. The zero-order valence-corrected chi connectivity index (χ0v) is 19.5. The van der Waals surface area contributed by atoms with E-state index < -0.39 is 0 Å². The van der Waals surface area contributed by atoms with Crippen molar-refractivity contribution in [3.8, 4) is 11.5 Å². The first kappa shape index (κ1) is 22.3. The highest BCUT2D eigenvalue weighted by Gasteiger charge is 2.21. The fourth-order valence-electron chi connectivity index (χ4n) is 4.00. The molecule has 1 atom stereocenters. The molecule has 1 N–H and O–H groups in total. The number of pyridine rings is 1. The molecule has 4 aromatic rings. The fraction of sp³-hybridized carbons (Fsp3) is 0.269. The molecule has 4 rings (SSSR count). The summed E-state index contributed by atoms with van der Waals surface area (Å²) >= 11 is 0. The van der Waals surface area contributed by atoms with Crippen molar-refractivity contribution < 1.29 is 14.3 Å². The van der Waals surface area contributed by atoms with Crippen molar-refractivity contribution in [1.29, 1.82) is 0 Å². The van der Waals surface area contributed by atoms with Crippen LogP contribution in [0.3, 0.4) is 0 Å². The van der Waals surface area contributed by atoms with Gasteiger partial charge in [-0.25, -0.2) is 9.67 Å². The van der Waals surface area contributed by atoms with E-state index in [4.69, 9.17) is 19.6 Å². The van der Waals surface area contributed by atoms with Crippen molar-refractivity contribution >= 4 is 16.9 Å². The van der Waals surface area contributed by atoms with Gasteiger partial charge in [0.1, 0.15) is 0 Å². The number of nitrogens with zero attached hydrogens (tertiary/aromatic N) is 3. The van der Waals surface area contributed by atoms with Gasteiger partial charge in [0.15, 0.2) is 17.1 Å². The van der Waals surface area contributed by atoms with Crippen LogP contribution in [0.4, 0.5) is 0 Å². The van der Waals surface area contributed by atoms with Crippen molar-refractivity contribution in [3.63, 3.8) is 0 Å². The van der Waals surface area contributed by atoms with Crippen molar-refractivity contribution in [2.75, 3.05) is 14.2 Å². The predicted octanol–water partition coefficient (Wildman–Crippen LogP) is 4.60. The van der Waals surface area contributed by atoms with Crippen molar-refractivity contribution in [3.05, 3.63) is 82.7 Å². The minimum Gasteiger partial charge on any atom is -0.493 e. The van der Waals surface area contributed by atoms with Gasteiger partial charge in [0, 0.05) is 5.69 Å². The SMILES string of the molecule is COc1ccc([C@@H](C)NC(=O)c2cc(C)nc3c2c(C)nn3Cc2ccccc2)cc1OC. The van der Waals surface area contributed by atoms with Gasteiger partial charge in [-0.15, -0.1) is 0 Å². The average Bonchev–Trinajstić information content (AvgIpc) is 3.13. The Morgan fingerprint density at radius 3 is 2.45 bits per heavy atom. The second-order valence-electron chi connectivity index (χ2n) is 8.05. The largest absolute Gasteiger partial charge is 0.493 e. The highest BCUT2D eigenvalue weighted by molar-refractivity contribution is 6.06. The summed E-state index contributed by atoms with van der Waals surface area (Å²) in [5, 5.41) is 8.57. The lowest BCUT2D eigenvalue weighted by molar-refractivity contribution is 0.0941. The molecule has 0 saturated heterocycles. The zero-order chi connectivity index (χ0) is 23.5. The first-order valence-corrected chi connectivity index (χ1v) is 10.8. The Hall–Kier alpha value is -3.87. The maximum atomic E-state index is 13.4. The molecule has 1 amide bonds. The highest BCUT2D eigenvalue weighted by atomic mass is 16.5. The summed E-state index contributed by atoms with van der Waals surface area (Å²) in [6, 6.07) is 17.3. The van der Waals surface area contributed by atoms with E-state index in [0.717, 1.165) is 27.9 Å². The monoisotopic (exact) mass is 444 g/mol. The quantitative estimate of drug-likeness (QED) is 0.451. The summed E-state index contributed by atoms with van der Waals surface area (Å²) in [6.07, 6.45) is 0. The summed E-state index contributed by atoms with van der Waals surface area (Å²) in [5.41, 5.74) is 4.86. The Balaban J connectivity index is 1.66. The lowest BCUT2D eigenvalue weighted by Gasteiger charge is -2.17. The molecular weight excluding hydrogens is 416 g/mol. The standard InChI is InChI=1S/C26H28N4O3/c1-16-13-21(26(31)28-17(2)20-11-12-22(32-4)23(14-20)33-5)24-18(3)29-30(25(24)27-16)15-19-9-7-6-8-10-19/h6-14,17H,15H2,1-5H3,(H,28,31)/t17-/m1/s1. The molecule has 0 spiro atoms. The number of aromatic nitrogens is 3. The second kappa shape index (κ2) is 9.32. The van der Waals surface area contributed by atoms with Crippen LogP contribution in [0.1, 0.15) is 45.8 Å². The van der Waals surface area contributed by atoms with Crippen LogP contribution in [0.5, 0.6) is 11.5 Å². The number of fused-ring (bicyclic) bond motifs is 1. The number of carbonyl (C=O) groups is 1. The number of rotatable bonds is 7. The lowest BCUT2D eigenvalue weighted by Crippen LogP contribution is -2.27. The summed E-state index contributed by atoms with van der Waals surface area (Å²) in [4.78, 5) is 18.1. The first-order chi connectivity index (χ1) is 15.9. The fourth-order valence-corrected chi connectivity index (χ4v) is 4.00. The van der Waals surface area contributed by atoms with Gasteiger partial charge in [0.05, 0.1) is 43.4 Å². The van der Waals surface area contributed by atoms with E-state index in [0.29, 0.717) is 29.3 Å². The smallest absolute Gasteiger partial charge is 0.252 e. The Morgan fingerprint density at radius 1 is 1.03 bits per heavy atom. The van der Waals surface area contributed by atoms with Crippen molar-refractivity contribution in [2.45, 2.75) is 33.4 Å². The maximum Gasteiger partial charge on any atom is 0.252 e. The van der Waals surface area contributed by atoms with Crippen LogP contribution in [0, 0.1) is 13.8 Å². The van der Waals surface area contributed by atoms with E-state index in [1.807, 2.05) is 67.9 Å². The molecule has 33 heavy (non-hydrogen) atoms. The molecule has 0 unspecified atom stereocenters. The van der Waals surface area contributed by atoms with E-state index >= 15 is 0 Å². The Bertz CT molecular complexity index is 1300.